The molecule has 0 aliphatic carbocycles. The molecule has 0 aromatic carbocycles. The maximum Gasteiger partial charge on any atom is 0.328 e. The Hall–Kier alpha value is -0.570. The Labute approximate surface area is 49.2 Å². The standard InChI is InChI=1S/C5H10NO2/c1-4-5(7)8-6(2)3/h4H,1-3H3. The number of nitrogens with zero attached hydrogens (tertiary/aromatic N) is 1. The van der Waals surface area contributed by atoms with E-state index in [2.05, 4.69) is 4.84 Å². The molecule has 0 rings (SSSR count). The number of carbonyl (C=O) groups excluding carboxylic acids is 1. The second-order valence-electron chi connectivity index (χ2n) is 1.51. The van der Waals surface area contributed by atoms with Crippen LogP contribution in [0.4, 0.5) is 0 Å². The first kappa shape index (κ1) is 7.43. The molecule has 0 heterocycles. The van der Waals surface area contributed by atoms with E-state index in [1.165, 1.54) is 11.5 Å². The topological polar surface area (TPSA) is 29.5 Å². The maximum atomic E-state index is 10.3. The second kappa shape index (κ2) is 3.43. The highest BCUT2D eigenvalue weighted by Gasteiger charge is 1.97. The molecular weight excluding hydrogens is 106 g/mol. The molecule has 0 saturated carbocycles. The van der Waals surface area contributed by atoms with Crippen molar-refractivity contribution in [1.29, 1.82) is 0 Å². The lowest BCUT2D eigenvalue weighted by Crippen LogP contribution is -2.17. The molecule has 47 valence electrons. The van der Waals surface area contributed by atoms with Crippen LogP contribution in [-0.4, -0.2) is 25.1 Å². The summed E-state index contributed by atoms with van der Waals surface area (Å²) in [4.78, 5) is 14.8. The van der Waals surface area contributed by atoms with E-state index in [4.69, 9.17) is 0 Å². The van der Waals surface area contributed by atoms with Gasteiger partial charge in [-0.2, -0.15) is 0 Å². The van der Waals surface area contributed by atoms with Crippen LogP contribution >= 0.6 is 0 Å². The molecule has 0 amide bonds. The quantitative estimate of drug-likeness (QED) is 0.484. The Kier molecular flexibility index (Phi) is 3.19. The highest BCUT2D eigenvalue weighted by molar-refractivity contribution is 5.77. The summed E-state index contributed by atoms with van der Waals surface area (Å²) in [6.45, 7) is 1.63. The van der Waals surface area contributed by atoms with Crippen LogP contribution in [0.1, 0.15) is 6.92 Å². The molecule has 0 aromatic heterocycles. The summed E-state index contributed by atoms with van der Waals surface area (Å²) >= 11 is 0. The van der Waals surface area contributed by atoms with Gasteiger partial charge >= 0.3 is 5.97 Å². The maximum absolute atomic E-state index is 10.3. The molecule has 0 bridgehead atoms. The SMILES string of the molecule is C[CH]C(=O)ON(C)C. The molecular formula is C5H10NO2. The Morgan fingerprint density at radius 3 is 2.25 bits per heavy atom. The fourth-order valence-electron chi connectivity index (χ4n) is 0.233. The fraction of sp³-hybridized carbons (Fsp3) is 0.600. The third-order valence-corrected chi connectivity index (χ3v) is 0.508. The number of hydrogen-bond donors (Lipinski definition) is 0. The van der Waals surface area contributed by atoms with E-state index >= 15 is 0 Å². The van der Waals surface area contributed by atoms with Gasteiger partial charge in [0.05, 0.1) is 6.42 Å². The van der Waals surface area contributed by atoms with Gasteiger partial charge in [0.25, 0.3) is 0 Å². The van der Waals surface area contributed by atoms with Crippen LogP contribution in [-0.2, 0) is 9.63 Å². The lowest BCUT2D eigenvalue weighted by atomic mass is 10.5. The minimum absolute atomic E-state index is 0.324. The van der Waals surface area contributed by atoms with Crippen LogP contribution in [0.25, 0.3) is 0 Å². The van der Waals surface area contributed by atoms with Crippen LogP contribution in [0.3, 0.4) is 0 Å². The zero-order valence-corrected chi connectivity index (χ0v) is 5.34. The second-order valence-corrected chi connectivity index (χ2v) is 1.51. The van der Waals surface area contributed by atoms with E-state index in [1.807, 2.05) is 0 Å². The predicted octanol–water partition coefficient (Wildman–Crippen LogP) is 0.230. The Balaban J connectivity index is 3.25. The Morgan fingerprint density at radius 1 is 1.62 bits per heavy atom. The Bertz CT molecular complexity index is 80.5. The molecule has 1 radical (unpaired) electrons. The van der Waals surface area contributed by atoms with Crippen molar-refractivity contribution in [2.24, 2.45) is 0 Å². The molecule has 0 spiro atoms. The monoisotopic (exact) mass is 116 g/mol. The van der Waals surface area contributed by atoms with E-state index in [9.17, 15) is 4.79 Å². The molecule has 0 saturated heterocycles. The molecule has 0 aromatic rings. The smallest absolute Gasteiger partial charge is 0.328 e. The molecule has 0 atom stereocenters. The minimum Gasteiger partial charge on any atom is -0.368 e. The van der Waals surface area contributed by atoms with Crippen molar-refractivity contribution < 1.29 is 9.63 Å². The van der Waals surface area contributed by atoms with Gasteiger partial charge in [-0.25, -0.2) is 0 Å². The van der Waals surface area contributed by atoms with Gasteiger partial charge in [-0.05, 0) is 0 Å². The summed E-state index contributed by atoms with van der Waals surface area (Å²) in [6, 6.07) is 0. The van der Waals surface area contributed by atoms with Crippen LogP contribution in [0.15, 0.2) is 0 Å². The normalized spacial score (nSPS) is 9.50. The van der Waals surface area contributed by atoms with Crippen molar-refractivity contribution in [2.75, 3.05) is 14.1 Å². The minimum atomic E-state index is -0.324. The van der Waals surface area contributed by atoms with Crippen molar-refractivity contribution in [2.45, 2.75) is 6.92 Å². The summed E-state index contributed by atoms with van der Waals surface area (Å²) in [7, 11) is 3.31. The average Bonchev–Trinajstić information content (AvgIpc) is 1.65. The van der Waals surface area contributed by atoms with Crippen LogP contribution in [0, 0.1) is 6.42 Å². The van der Waals surface area contributed by atoms with E-state index in [0.29, 0.717) is 0 Å². The third kappa shape index (κ3) is 3.61. The number of hydroxylamine groups is 2. The van der Waals surface area contributed by atoms with Gasteiger partial charge in [0.2, 0.25) is 0 Å². The first-order valence-corrected chi connectivity index (χ1v) is 2.35. The van der Waals surface area contributed by atoms with Gasteiger partial charge < -0.3 is 4.84 Å². The van der Waals surface area contributed by atoms with Crippen LogP contribution in [0.5, 0.6) is 0 Å². The number of rotatable bonds is 2. The van der Waals surface area contributed by atoms with Crippen molar-refractivity contribution in [3.8, 4) is 0 Å². The first-order chi connectivity index (χ1) is 3.66. The molecule has 0 fully saturated rings. The summed E-state index contributed by atoms with van der Waals surface area (Å²) in [5.41, 5.74) is 0. The van der Waals surface area contributed by atoms with E-state index < -0.39 is 0 Å². The number of carbonyl (C=O) groups is 1. The van der Waals surface area contributed by atoms with Gasteiger partial charge in [-0.3, -0.25) is 4.79 Å². The number of hydrogen-bond acceptors (Lipinski definition) is 3. The summed E-state index contributed by atoms with van der Waals surface area (Å²) in [5, 5.41) is 1.35. The van der Waals surface area contributed by atoms with E-state index in [-0.39, 0.29) is 5.97 Å². The van der Waals surface area contributed by atoms with E-state index in [1.54, 1.807) is 21.0 Å². The summed E-state index contributed by atoms with van der Waals surface area (Å²) in [6.07, 6.45) is 1.36. The molecule has 0 aliphatic rings. The van der Waals surface area contributed by atoms with Gasteiger partial charge in [0.15, 0.2) is 0 Å². The highest BCUT2D eigenvalue weighted by atomic mass is 16.7. The van der Waals surface area contributed by atoms with Gasteiger partial charge in [-0.1, -0.05) is 6.92 Å². The fourth-order valence-corrected chi connectivity index (χ4v) is 0.233. The molecule has 0 N–H and O–H groups in total. The van der Waals surface area contributed by atoms with Gasteiger partial charge in [0, 0.05) is 14.1 Å². The van der Waals surface area contributed by atoms with Crippen molar-refractivity contribution >= 4 is 5.97 Å². The van der Waals surface area contributed by atoms with Crippen molar-refractivity contribution in [1.82, 2.24) is 5.06 Å². The van der Waals surface area contributed by atoms with Crippen molar-refractivity contribution in [3.05, 3.63) is 6.42 Å². The predicted molar refractivity (Wildman–Crippen MR) is 29.8 cm³/mol. The lowest BCUT2D eigenvalue weighted by Gasteiger charge is -2.07. The zero-order valence-electron chi connectivity index (χ0n) is 5.34. The van der Waals surface area contributed by atoms with Crippen LogP contribution < -0.4 is 0 Å². The molecule has 0 unspecified atom stereocenters. The summed E-state index contributed by atoms with van der Waals surface area (Å²) in [5.74, 6) is -0.324. The van der Waals surface area contributed by atoms with Gasteiger partial charge in [0.1, 0.15) is 0 Å². The third-order valence-electron chi connectivity index (χ3n) is 0.508. The Morgan fingerprint density at radius 2 is 2.12 bits per heavy atom. The molecule has 0 aliphatic heterocycles. The highest BCUT2D eigenvalue weighted by Crippen LogP contribution is 1.83. The first-order valence-electron chi connectivity index (χ1n) is 2.35. The van der Waals surface area contributed by atoms with E-state index in [0.717, 1.165) is 0 Å². The van der Waals surface area contributed by atoms with Crippen molar-refractivity contribution in [3.63, 3.8) is 0 Å². The van der Waals surface area contributed by atoms with Crippen LogP contribution in [0.2, 0.25) is 0 Å². The van der Waals surface area contributed by atoms with Gasteiger partial charge in [-0.15, -0.1) is 5.06 Å². The molecule has 8 heavy (non-hydrogen) atoms. The molecule has 3 heteroatoms. The summed E-state index contributed by atoms with van der Waals surface area (Å²) < 4.78 is 0. The molecule has 3 nitrogen and oxygen atoms in total. The largest absolute Gasteiger partial charge is 0.368 e. The average molecular weight is 116 g/mol. The zero-order chi connectivity index (χ0) is 6.57. The lowest BCUT2D eigenvalue weighted by molar-refractivity contribution is -0.173.